The highest BCUT2D eigenvalue weighted by atomic mass is 35.5. The van der Waals surface area contributed by atoms with Crippen molar-refractivity contribution in [3.05, 3.63) is 58.9 Å². The SMILES string of the molecule is CCOc1ccc(NCc2cccc(F)c2Cl)cc1. The van der Waals surface area contributed by atoms with Crippen LogP contribution in [-0.2, 0) is 6.54 Å². The van der Waals surface area contributed by atoms with Crippen LogP contribution in [-0.4, -0.2) is 6.61 Å². The van der Waals surface area contributed by atoms with E-state index in [-0.39, 0.29) is 5.02 Å². The van der Waals surface area contributed by atoms with Gasteiger partial charge in [0.1, 0.15) is 11.6 Å². The van der Waals surface area contributed by atoms with Crippen molar-refractivity contribution in [2.24, 2.45) is 0 Å². The van der Waals surface area contributed by atoms with Gasteiger partial charge in [-0.2, -0.15) is 0 Å². The first-order chi connectivity index (χ1) is 9.20. The third-order valence-electron chi connectivity index (χ3n) is 2.68. The molecule has 0 spiro atoms. The molecule has 0 heterocycles. The summed E-state index contributed by atoms with van der Waals surface area (Å²) in [5.74, 6) is 0.435. The third-order valence-corrected chi connectivity index (χ3v) is 3.10. The molecule has 1 N–H and O–H groups in total. The highest BCUT2D eigenvalue weighted by Crippen LogP contribution is 2.21. The Balaban J connectivity index is 2.00. The molecule has 0 saturated heterocycles. The summed E-state index contributed by atoms with van der Waals surface area (Å²) in [4.78, 5) is 0. The van der Waals surface area contributed by atoms with Crippen molar-refractivity contribution in [2.75, 3.05) is 11.9 Å². The van der Waals surface area contributed by atoms with Crippen LogP contribution in [0.5, 0.6) is 5.75 Å². The number of hydrogen-bond donors (Lipinski definition) is 1. The molecule has 100 valence electrons. The average molecular weight is 280 g/mol. The average Bonchev–Trinajstić information content (AvgIpc) is 2.42. The summed E-state index contributed by atoms with van der Waals surface area (Å²) in [6.45, 7) is 3.06. The zero-order chi connectivity index (χ0) is 13.7. The maximum absolute atomic E-state index is 13.3. The molecule has 0 aliphatic carbocycles. The Labute approximate surface area is 117 Å². The zero-order valence-corrected chi connectivity index (χ0v) is 11.4. The standard InChI is InChI=1S/C15H15ClFNO/c1-2-19-13-8-6-12(7-9-13)18-10-11-4-3-5-14(17)15(11)16/h3-9,18H,2,10H2,1H3. The fourth-order valence-corrected chi connectivity index (χ4v) is 1.91. The number of ether oxygens (including phenoxy) is 1. The first-order valence-electron chi connectivity index (χ1n) is 6.10. The van der Waals surface area contributed by atoms with E-state index in [4.69, 9.17) is 16.3 Å². The first kappa shape index (κ1) is 13.7. The lowest BCUT2D eigenvalue weighted by molar-refractivity contribution is 0.340. The van der Waals surface area contributed by atoms with Crippen molar-refractivity contribution < 1.29 is 9.13 Å². The van der Waals surface area contributed by atoms with Crippen molar-refractivity contribution in [1.29, 1.82) is 0 Å². The summed E-state index contributed by atoms with van der Waals surface area (Å²) in [5, 5.41) is 3.36. The van der Waals surface area contributed by atoms with Crippen molar-refractivity contribution in [3.8, 4) is 5.75 Å². The van der Waals surface area contributed by atoms with Gasteiger partial charge in [-0.15, -0.1) is 0 Å². The van der Waals surface area contributed by atoms with E-state index in [1.807, 2.05) is 31.2 Å². The molecule has 0 aromatic heterocycles. The minimum Gasteiger partial charge on any atom is -0.494 e. The van der Waals surface area contributed by atoms with E-state index in [0.717, 1.165) is 17.0 Å². The summed E-state index contributed by atoms with van der Waals surface area (Å²) in [5.41, 5.74) is 1.67. The highest BCUT2D eigenvalue weighted by Gasteiger charge is 2.05. The Morgan fingerprint density at radius 1 is 1.16 bits per heavy atom. The van der Waals surface area contributed by atoms with Crippen LogP contribution in [0.4, 0.5) is 10.1 Å². The number of anilines is 1. The molecule has 2 rings (SSSR count). The van der Waals surface area contributed by atoms with Gasteiger partial charge in [-0.25, -0.2) is 4.39 Å². The molecule has 0 fully saturated rings. The number of hydrogen-bond acceptors (Lipinski definition) is 2. The molecule has 0 aliphatic rings. The van der Waals surface area contributed by atoms with Crippen LogP contribution in [0.2, 0.25) is 5.02 Å². The second kappa shape index (κ2) is 6.43. The molecule has 0 bridgehead atoms. The van der Waals surface area contributed by atoms with Gasteiger partial charge in [0.05, 0.1) is 11.6 Å². The summed E-state index contributed by atoms with van der Waals surface area (Å²) in [7, 11) is 0. The van der Waals surface area contributed by atoms with Gasteiger partial charge in [-0.1, -0.05) is 23.7 Å². The van der Waals surface area contributed by atoms with Crippen molar-refractivity contribution in [3.63, 3.8) is 0 Å². The molecular formula is C15H15ClFNO. The lowest BCUT2D eigenvalue weighted by Crippen LogP contribution is -2.01. The minimum atomic E-state index is -0.396. The summed E-state index contributed by atoms with van der Waals surface area (Å²) in [6, 6.07) is 12.4. The van der Waals surface area contributed by atoms with Crippen molar-refractivity contribution in [2.45, 2.75) is 13.5 Å². The Kier molecular flexibility index (Phi) is 4.63. The second-order valence-corrected chi connectivity index (χ2v) is 4.40. The van der Waals surface area contributed by atoms with Gasteiger partial charge >= 0.3 is 0 Å². The summed E-state index contributed by atoms with van der Waals surface area (Å²) in [6.07, 6.45) is 0. The molecule has 0 radical (unpaired) electrons. The van der Waals surface area contributed by atoms with Crippen LogP contribution in [0.25, 0.3) is 0 Å². The first-order valence-corrected chi connectivity index (χ1v) is 6.48. The van der Waals surface area contributed by atoms with Gasteiger partial charge in [-0.05, 0) is 42.8 Å². The monoisotopic (exact) mass is 279 g/mol. The zero-order valence-electron chi connectivity index (χ0n) is 10.6. The van der Waals surface area contributed by atoms with Crippen LogP contribution in [0.1, 0.15) is 12.5 Å². The van der Waals surface area contributed by atoms with E-state index in [0.29, 0.717) is 13.2 Å². The topological polar surface area (TPSA) is 21.3 Å². The smallest absolute Gasteiger partial charge is 0.142 e. The van der Waals surface area contributed by atoms with Gasteiger partial charge < -0.3 is 10.1 Å². The molecule has 0 unspecified atom stereocenters. The molecule has 2 nitrogen and oxygen atoms in total. The van der Waals surface area contributed by atoms with E-state index >= 15 is 0 Å². The molecule has 0 aliphatic heterocycles. The van der Waals surface area contributed by atoms with Gasteiger partial charge in [0, 0.05) is 12.2 Å². The molecule has 19 heavy (non-hydrogen) atoms. The molecule has 4 heteroatoms. The summed E-state index contributed by atoms with van der Waals surface area (Å²) < 4.78 is 18.6. The van der Waals surface area contributed by atoms with Crippen LogP contribution in [0, 0.1) is 5.82 Å². The fraction of sp³-hybridized carbons (Fsp3) is 0.200. The Morgan fingerprint density at radius 2 is 1.89 bits per heavy atom. The van der Waals surface area contributed by atoms with Gasteiger partial charge in [0.15, 0.2) is 0 Å². The minimum absolute atomic E-state index is 0.168. The molecule has 2 aromatic carbocycles. The van der Waals surface area contributed by atoms with Gasteiger partial charge in [-0.3, -0.25) is 0 Å². The third kappa shape index (κ3) is 3.61. The van der Waals surface area contributed by atoms with E-state index in [2.05, 4.69) is 5.32 Å². The van der Waals surface area contributed by atoms with Crippen LogP contribution >= 0.6 is 11.6 Å². The maximum Gasteiger partial charge on any atom is 0.142 e. The van der Waals surface area contributed by atoms with Crippen LogP contribution < -0.4 is 10.1 Å². The van der Waals surface area contributed by atoms with E-state index in [1.54, 1.807) is 12.1 Å². The number of nitrogens with one attached hydrogen (secondary N) is 1. The largest absolute Gasteiger partial charge is 0.494 e. The normalized spacial score (nSPS) is 10.3. The maximum atomic E-state index is 13.3. The van der Waals surface area contributed by atoms with E-state index in [9.17, 15) is 4.39 Å². The predicted molar refractivity (Wildman–Crippen MR) is 76.3 cm³/mol. The lowest BCUT2D eigenvalue weighted by Gasteiger charge is -2.09. The van der Waals surface area contributed by atoms with Crippen molar-refractivity contribution >= 4 is 17.3 Å². The van der Waals surface area contributed by atoms with Crippen LogP contribution in [0.3, 0.4) is 0 Å². The number of rotatable bonds is 5. The van der Waals surface area contributed by atoms with Crippen molar-refractivity contribution in [1.82, 2.24) is 0 Å². The molecule has 0 amide bonds. The number of benzene rings is 2. The molecular weight excluding hydrogens is 265 g/mol. The Morgan fingerprint density at radius 3 is 2.58 bits per heavy atom. The lowest BCUT2D eigenvalue weighted by atomic mass is 10.2. The molecule has 2 aromatic rings. The second-order valence-electron chi connectivity index (χ2n) is 4.02. The molecule has 0 atom stereocenters. The van der Waals surface area contributed by atoms with Gasteiger partial charge in [0.25, 0.3) is 0 Å². The quantitative estimate of drug-likeness (QED) is 0.871. The van der Waals surface area contributed by atoms with E-state index < -0.39 is 5.82 Å². The Hall–Kier alpha value is -1.74. The highest BCUT2D eigenvalue weighted by molar-refractivity contribution is 6.31. The van der Waals surface area contributed by atoms with Crippen LogP contribution in [0.15, 0.2) is 42.5 Å². The molecule has 0 saturated carbocycles. The Bertz CT molecular complexity index is 542. The summed E-state index contributed by atoms with van der Waals surface area (Å²) >= 11 is 5.89. The predicted octanol–water partition coefficient (Wildman–Crippen LogP) is 4.49. The van der Waals surface area contributed by atoms with E-state index in [1.165, 1.54) is 6.07 Å². The van der Waals surface area contributed by atoms with Gasteiger partial charge in [0.2, 0.25) is 0 Å². The number of halogens is 2. The fourth-order valence-electron chi connectivity index (χ4n) is 1.72.